The fraction of sp³-hybridized carbons (Fsp3) is 0.541. The van der Waals surface area contributed by atoms with Crippen molar-refractivity contribution < 1.29 is 19.1 Å². The monoisotopic (exact) mass is 618 g/mol. The Morgan fingerprint density at radius 2 is 2.02 bits per heavy atom. The number of halogens is 1. The number of hydrogen-bond acceptors (Lipinski definition) is 7. The Bertz CT molecular complexity index is 1450. The maximum atomic E-state index is 16.4. The predicted octanol–water partition coefficient (Wildman–Crippen LogP) is 5.93. The molecule has 2 aromatic rings. The summed E-state index contributed by atoms with van der Waals surface area (Å²) in [5.74, 6) is 0.988. The van der Waals surface area contributed by atoms with Gasteiger partial charge in [-0.2, -0.15) is 5.06 Å². The first-order chi connectivity index (χ1) is 21.3. The minimum absolute atomic E-state index is 0.136. The van der Waals surface area contributed by atoms with Crippen LogP contribution < -0.4 is 16.0 Å². The minimum atomic E-state index is -0.707. The van der Waals surface area contributed by atoms with Crippen LogP contribution >= 0.6 is 0 Å². The van der Waals surface area contributed by atoms with E-state index >= 15 is 4.39 Å². The van der Waals surface area contributed by atoms with Crippen LogP contribution in [0.5, 0.6) is 0 Å². The summed E-state index contributed by atoms with van der Waals surface area (Å²) in [5.41, 5.74) is 10.0. The number of benzene rings is 2. The molecule has 8 atom stereocenters. The molecule has 3 aliphatic carbocycles. The van der Waals surface area contributed by atoms with Crippen molar-refractivity contribution in [2.24, 2.45) is 34.8 Å². The van der Waals surface area contributed by atoms with Crippen LogP contribution in [0.4, 0.5) is 10.1 Å². The summed E-state index contributed by atoms with van der Waals surface area (Å²) in [5, 5.41) is 16.4. The van der Waals surface area contributed by atoms with E-state index < -0.39 is 18.2 Å². The number of hydroxylamine groups is 2. The average molecular weight is 619 g/mol. The third kappa shape index (κ3) is 6.22. The fourth-order valence-electron chi connectivity index (χ4n) is 8.19. The summed E-state index contributed by atoms with van der Waals surface area (Å²) in [7, 11) is 3.79. The maximum absolute atomic E-state index is 16.4. The molecule has 2 aromatic carbocycles. The van der Waals surface area contributed by atoms with Gasteiger partial charge in [-0.05, 0) is 79.7 Å². The third-order valence-corrected chi connectivity index (χ3v) is 11.0. The van der Waals surface area contributed by atoms with Crippen LogP contribution in [0.3, 0.4) is 0 Å². The Morgan fingerprint density at radius 3 is 2.62 bits per heavy atom. The van der Waals surface area contributed by atoms with Gasteiger partial charge in [0.25, 0.3) is 0 Å². The van der Waals surface area contributed by atoms with Crippen LogP contribution in [-0.2, 0) is 11.4 Å². The van der Waals surface area contributed by atoms with Crippen molar-refractivity contribution in [3.63, 3.8) is 0 Å². The van der Waals surface area contributed by atoms with E-state index in [2.05, 4.69) is 32.7 Å². The number of nitrogens with two attached hydrogens (primary N) is 1. The van der Waals surface area contributed by atoms with Crippen molar-refractivity contribution in [3.8, 4) is 11.1 Å². The Balaban J connectivity index is 1.44. The van der Waals surface area contributed by atoms with Crippen LogP contribution in [-0.4, -0.2) is 60.9 Å². The van der Waals surface area contributed by atoms with Crippen LogP contribution in [0, 0.1) is 34.9 Å². The molecule has 0 unspecified atom stereocenters. The van der Waals surface area contributed by atoms with Gasteiger partial charge < -0.3 is 21.1 Å². The lowest BCUT2D eigenvalue weighted by Gasteiger charge is -2.62. The maximum Gasteiger partial charge on any atom is 0.185 e. The molecule has 45 heavy (non-hydrogen) atoms. The van der Waals surface area contributed by atoms with Crippen molar-refractivity contribution in [2.75, 3.05) is 25.5 Å². The summed E-state index contributed by atoms with van der Waals surface area (Å²) >= 11 is 0. The predicted molar refractivity (Wildman–Crippen MR) is 179 cm³/mol. The SMILES string of the molecule is C=C(N[C@H]1C[C@H]2C[C@@H]([C@@H]1C)C2(C)C)[C@@H]1[C@H]([C@H](C)O)[C@H](CN)ON1Cc1cccc(-c2cc(C(=O)/C=C\C)cc(N(C)C)c2)c1F. The van der Waals surface area contributed by atoms with Gasteiger partial charge in [-0.15, -0.1) is 0 Å². The molecule has 4 aliphatic rings. The first kappa shape index (κ1) is 33.3. The Labute approximate surface area is 268 Å². The van der Waals surface area contributed by atoms with Crippen LogP contribution in [0.15, 0.2) is 60.8 Å². The number of carbonyl (C=O) groups excluding carboxylic acids is 1. The van der Waals surface area contributed by atoms with E-state index in [0.717, 1.165) is 17.8 Å². The van der Waals surface area contributed by atoms with Gasteiger partial charge in [0.2, 0.25) is 0 Å². The largest absolute Gasteiger partial charge is 0.393 e. The number of hydrogen-bond donors (Lipinski definition) is 3. The zero-order valence-corrected chi connectivity index (χ0v) is 27.9. The zero-order chi connectivity index (χ0) is 32.8. The normalized spacial score (nSPS) is 29.8. The van der Waals surface area contributed by atoms with Gasteiger partial charge in [0.05, 0.1) is 24.8 Å². The number of aliphatic hydroxyl groups excluding tert-OH is 1. The number of carbonyl (C=O) groups is 1. The number of rotatable bonds is 11. The lowest BCUT2D eigenvalue weighted by atomic mass is 9.44. The van der Waals surface area contributed by atoms with Crippen molar-refractivity contribution in [3.05, 3.63) is 77.8 Å². The lowest BCUT2D eigenvalue weighted by Crippen LogP contribution is -2.60. The van der Waals surface area contributed by atoms with Gasteiger partial charge >= 0.3 is 0 Å². The molecule has 7 nitrogen and oxygen atoms in total. The van der Waals surface area contributed by atoms with Gasteiger partial charge in [-0.1, -0.05) is 51.6 Å². The second-order valence-corrected chi connectivity index (χ2v) is 14.3. The molecular weight excluding hydrogens is 567 g/mol. The third-order valence-electron chi connectivity index (χ3n) is 11.0. The molecule has 6 rings (SSSR count). The van der Waals surface area contributed by atoms with Gasteiger partial charge in [-0.25, -0.2) is 4.39 Å². The highest BCUT2D eigenvalue weighted by atomic mass is 19.1. The number of anilines is 1. The molecule has 8 heteroatoms. The lowest BCUT2D eigenvalue weighted by molar-refractivity contribution is -0.164. The molecule has 1 aliphatic heterocycles. The molecule has 1 heterocycles. The molecule has 0 spiro atoms. The summed E-state index contributed by atoms with van der Waals surface area (Å²) in [6, 6.07) is 10.6. The molecule has 0 radical (unpaired) electrons. The number of nitrogens with one attached hydrogen (secondary N) is 1. The van der Waals surface area contributed by atoms with Gasteiger partial charge in [-0.3, -0.25) is 9.63 Å². The van der Waals surface area contributed by atoms with Crippen LogP contribution in [0.1, 0.15) is 63.4 Å². The van der Waals surface area contributed by atoms with Crippen LogP contribution in [0.2, 0.25) is 0 Å². The quantitative estimate of drug-likeness (QED) is 0.212. The van der Waals surface area contributed by atoms with E-state index in [9.17, 15) is 9.90 Å². The molecular formula is C37H51FN4O3. The Hall–Kier alpha value is -3.04. The number of ketones is 1. The molecule has 4 N–H and O–H groups in total. The van der Waals surface area contributed by atoms with Gasteiger partial charge in [0.15, 0.2) is 5.78 Å². The van der Waals surface area contributed by atoms with E-state index in [1.165, 1.54) is 12.5 Å². The van der Waals surface area contributed by atoms with Crippen LogP contribution in [0.25, 0.3) is 11.1 Å². The van der Waals surface area contributed by atoms with E-state index in [1.807, 2.05) is 37.2 Å². The molecule has 4 fully saturated rings. The molecule has 1 saturated heterocycles. The molecule has 0 aromatic heterocycles. The second kappa shape index (κ2) is 13.0. The molecule has 3 saturated carbocycles. The summed E-state index contributed by atoms with van der Waals surface area (Å²) in [6.45, 7) is 15.5. The van der Waals surface area contributed by atoms with Crippen molar-refractivity contribution in [1.82, 2.24) is 10.4 Å². The van der Waals surface area contributed by atoms with E-state index in [4.69, 9.17) is 10.6 Å². The summed E-state index contributed by atoms with van der Waals surface area (Å²) < 4.78 is 16.4. The number of fused-ring (bicyclic) bond motifs is 2. The highest BCUT2D eigenvalue weighted by molar-refractivity contribution is 6.06. The Morgan fingerprint density at radius 1 is 1.29 bits per heavy atom. The summed E-state index contributed by atoms with van der Waals surface area (Å²) in [4.78, 5) is 21.0. The second-order valence-electron chi connectivity index (χ2n) is 14.3. The first-order valence-corrected chi connectivity index (χ1v) is 16.3. The highest BCUT2D eigenvalue weighted by Gasteiger charge is 2.56. The van der Waals surface area contributed by atoms with Crippen molar-refractivity contribution in [2.45, 2.75) is 78.3 Å². The minimum Gasteiger partial charge on any atom is -0.393 e. The van der Waals surface area contributed by atoms with Gasteiger partial charge in [0, 0.05) is 60.7 Å². The van der Waals surface area contributed by atoms with E-state index in [-0.39, 0.29) is 36.6 Å². The van der Waals surface area contributed by atoms with Crippen molar-refractivity contribution >= 4 is 11.5 Å². The van der Waals surface area contributed by atoms with E-state index in [1.54, 1.807) is 43.2 Å². The fourth-order valence-corrected chi connectivity index (χ4v) is 8.19. The topological polar surface area (TPSA) is 91.1 Å². The van der Waals surface area contributed by atoms with E-state index in [0.29, 0.717) is 45.4 Å². The molecule has 244 valence electrons. The first-order valence-electron chi connectivity index (χ1n) is 16.3. The number of allylic oxidation sites excluding steroid dienone is 2. The van der Waals surface area contributed by atoms with Gasteiger partial charge in [0.1, 0.15) is 5.82 Å². The summed E-state index contributed by atoms with van der Waals surface area (Å²) in [6.07, 6.45) is 4.43. The Kier molecular flexibility index (Phi) is 9.62. The molecule has 2 bridgehead atoms. The smallest absolute Gasteiger partial charge is 0.185 e. The number of nitrogens with zero attached hydrogens (tertiary/aromatic N) is 2. The average Bonchev–Trinajstić information content (AvgIpc) is 3.37. The number of aliphatic hydroxyl groups is 1. The zero-order valence-electron chi connectivity index (χ0n) is 27.9. The molecule has 0 amide bonds. The standard InChI is InChI=1S/C37H51FN4O3/c1-9-11-32(44)26-14-25(15-28(16-26)41(7)8)29-13-10-12-24(35(29)38)20-42-36(34(23(4)43)33(19-39)45-42)22(3)40-31-18-27-17-30(21(31)2)37(27,5)6/h9-16,21,23,27,30-31,33-34,36,40,43H,3,17-20,39H2,1-2,4-8H3/b11-9-/t21-,23-,27+,30-,31-,33-,34+,36+/m0/s1. The van der Waals surface area contributed by atoms with Crippen molar-refractivity contribution in [1.29, 1.82) is 0 Å². The highest BCUT2D eigenvalue weighted by Crippen LogP contribution is 2.61.